The van der Waals surface area contributed by atoms with Crippen LogP contribution in [0.3, 0.4) is 0 Å². The Labute approximate surface area is 149 Å². The fourth-order valence-corrected chi connectivity index (χ4v) is 2.98. The number of hydrogen-bond donors (Lipinski definition) is 0. The Hall–Kier alpha value is -3.13. The molecule has 0 saturated carbocycles. The lowest BCUT2D eigenvalue weighted by Crippen LogP contribution is -2.35. The Morgan fingerprint density at radius 2 is 1.24 bits per heavy atom. The lowest BCUT2D eigenvalue weighted by Gasteiger charge is -2.27. The maximum Gasteiger partial charge on any atom is 0.239 e. The van der Waals surface area contributed by atoms with E-state index in [0.717, 1.165) is 16.8 Å². The van der Waals surface area contributed by atoms with E-state index in [1.807, 2.05) is 91.0 Å². The van der Waals surface area contributed by atoms with E-state index in [1.165, 1.54) is 0 Å². The highest BCUT2D eigenvalue weighted by Crippen LogP contribution is 2.29. The zero-order valence-electron chi connectivity index (χ0n) is 14.1. The van der Waals surface area contributed by atoms with Crippen LogP contribution in [-0.4, -0.2) is 12.5 Å². The molecule has 0 radical (unpaired) electrons. The van der Waals surface area contributed by atoms with Gasteiger partial charge in [-0.1, -0.05) is 84.9 Å². The van der Waals surface area contributed by atoms with Crippen molar-refractivity contribution < 1.29 is 4.79 Å². The van der Waals surface area contributed by atoms with Crippen LogP contribution in [0.2, 0.25) is 0 Å². The first-order valence-corrected chi connectivity index (χ1v) is 8.38. The Kier molecular flexibility index (Phi) is 5.43. The van der Waals surface area contributed by atoms with Crippen molar-refractivity contribution in [2.45, 2.75) is 5.92 Å². The minimum Gasteiger partial charge on any atom is -0.308 e. The van der Waals surface area contributed by atoms with Crippen molar-refractivity contribution in [3.8, 4) is 0 Å². The van der Waals surface area contributed by atoms with Crippen molar-refractivity contribution in [2.75, 3.05) is 11.4 Å². The monoisotopic (exact) mass is 327 g/mol. The highest BCUT2D eigenvalue weighted by molar-refractivity contribution is 6.00. The van der Waals surface area contributed by atoms with Gasteiger partial charge in [0, 0.05) is 12.2 Å². The van der Waals surface area contributed by atoms with Gasteiger partial charge in [0.15, 0.2) is 0 Å². The van der Waals surface area contributed by atoms with E-state index in [-0.39, 0.29) is 11.8 Å². The Morgan fingerprint density at radius 3 is 1.68 bits per heavy atom. The van der Waals surface area contributed by atoms with Crippen LogP contribution >= 0.6 is 0 Å². The molecule has 3 aromatic rings. The third-order valence-electron chi connectivity index (χ3n) is 4.16. The van der Waals surface area contributed by atoms with Crippen LogP contribution in [0.4, 0.5) is 5.69 Å². The van der Waals surface area contributed by atoms with E-state index in [9.17, 15) is 4.79 Å². The van der Waals surface area contributed by atoms with Crippen LogP contribution in [0.1, 0.15) is 17.0 Å². The van der Waals surface area contributed by atoms with E-state index < -0.39 is 0 Å². The normalized spacial score (nSPS) is 10.4. The van der Waals surface area contributed by atoms with E-state index >= 15 is 0 Å². The van der Waals surface area contributed by atoms with Crippen molar-refractivity contribution in [3.05, 3.63) is 115 Å². The second-order valence-electron chi connectivity index (χ2n) is 5.83. The quantitative estimate of drug-likeness (QED) is 0.581. The summed E-state index contributed by atoms with van der Waals surface area (Å²) in [7, 11) is 0. The molecule has 0 bridgehead atoms. The molecule has 2 heteroatoms. The molecule has 0 N–H and O–H groups in total. The van der Waals surface area contributed by atoms with Crippen molar-refractivity contribution in [3.63, 3.8) is 0 Å². The number of para-hydroxylation sites is 1. The largest absolute Gasteiger partial charge is 0.308 e. The molecule has 0 saturated heterocycles. The predicted octanol–water partition coefficient (Wildman–Crippen LogP) is 5.04. The molecule has 124 valence electrons. The molecule has 0 heterocycles. The SMILES string of the molecule is C=CCN(C(=O)C(c1ccccc1)c1ccccc1)c1ccccc1. The number of carbonyl (C=O) groups is 1. The summed E-state index contributed by atoms with van der Waals surface area (Å²) in [4.78, 5) is 15.3. The zero-order chi connectivity index (χ0) is 17.5. The molecule has 0 unspecified atom stereocenters. The number of amides is 1. The highest BCUT2D eigenvalue weighted by atomic mass is 16.2. The van der Waals surface area contributed by atoms with Gasteiger partial charge < -0.3 is 4.90 Å². The van der Waals surface area contributed by atoms with Crippen LogP contribution in [0.25, 0.3) is 0 Å². The van der Waals surface area contributed by atoms with Gasteiger partial charge in [0.1, 0.15) is 0 Å². The topological polar surface area (TPSA) is 20.3 Å². The lowest BCUT2D eigenvalue weighted by atomic mass is 9.90. The Morgan fingerprint density at radius 1 is 0.800 bits per heavy atom. The molecule has 0 aliphatic heterocycles. The van der Waals surface area contributed by atoms with Gasteiger partial charge >= 0.3 is 0 Å². The Balaban J connectivity index is 2.05. The Bertz CT molecular complexity index is 773. The maximum absolute atomic E-state index is 13.5. The van der Waals surface area contributed by atoms with Crippen LogP contribution in [0.15, 0.2) is 104 Å². The number of benzene rings is 3. The van der Waals surface area contributed by atoms with E-state index in [1.54, 1.807) is 11.0 Å². The first kappa shape index (κ1) is 16.7. The van der Waals surface area contributed by atoms with Crippen LogP contribution in [0.5, 0.6) is 0 Å². The summed E-state index contributed by atoms with van der Waals surface area (Å²) in [6.07, 6.45) is 1.76. The molecule has 0 atom stereocenters. The number of carbonyl (C=O) groups excluding carboxylic acids is 1. The number of hydrogen-bond acceptors (Lipinski definition) is 1. The van der Waals surface area contributed by atoms with E-state index in [4.69, 9.17) is 0 Å². The maximum atomic E-state index is 13.5. The van der Waals surface area contributed by atoms with Gasteiger partial charge in [-0.2, -0.15) is 0 Å². The number of nitrogens with zero attached hydrogens (tertiary/aromatic N) is 1. The molecule has 3 rings (SSSR count). The molecule has 2 nitrogen and oxygen atoms in total. The summed E-state index contributed by atoms with van der Waals surface area (Å²) in [5.74, 6) is -0.300. The third kappa shape index (κ3) is 3.86. The fraction of sp³-hybridized carbons (Fsp3) is 0.0870. The first-order chi connectivity index (χ1) is 12.3. The number of anilines is 1. The second kappa shape index (κ2) is 8.11. The van der Waals surface area contributed by atoms with Crippen molar-refractivity contribution in [1.82, 2.24) is 0 Å². The van der Waals surface area contributed by atoms with E-state index in [0.29, 0.717) is 6.54 Å². The van der Waals surface area contributed by atoms with Gasteiger partial charge in [-0.05, 0) is 23.3 Å². The van der Waals surface area contributed by atoms with Crippen LogP contribution < -0.4 is 4.90 Å². The molecular weight excluding hydrogens is 306 g/mol. The summed E-state index contributed by atoms with van der Waals surface area (Å²) in [5.41, 5.74) is 2.86. The summed E-state index contributed by atoms with van der Waals surface area (Å²) < 4.78 is 0. The second-order valence-corrected chi connectivity index (χ2v) is 5.83. The molecule has 25 heavy (non-hydrogen) atoms. The molecule has 1 amide bonds. The van der Waals surface area contributed by atoms with Gasteiger partial charge in [0.2, 0.25) is 5.91 Å². The van der Waals surface area contributed by atoms with Crippen LogP contribution in [-0.2, 0) is 4.79 Å². The van der Waals surface area contributed by atoms with Crippen molar-refractivity contribution in [1.29, 1.82) is 0 Å². The summed E-state index contributed by atoms with van der Waals surface area (Å²) in [6.45, 7) is 4.29. The molecule has 0 spiro atoms. The minimum absolute atomic E-state index is 0.0449. The van der Waals surface area contributed by atoms with Gasteiger partial charge in [0.05, 0.1) is 5.92 Å². The standard InChI is InChI=1S/C23H21NO/c1-2-18-24(21-16-10-5-11-17-21)23(25)22(19-12-6-3-7-13-19)20-14-8-4-9-15-20/h2-17,22H,1,18H2. The fourth-order valence-electron chi connectivity index (χ4n) is 2.98. The molecule has 0 aliphatic carbocycles. The van der Waals surface area contributed by atoms with Crippen molar-refractivity contribution >= 4 is 11.6 Å². The molecular formula is C23H21NO. The van der Waals surface area contributed by atoms with Crippen LogP contribution in [0, 0.1) is 0 Å². The smallest absolute Gasteiger partial charge is 0.239 e. The van der Waals surface area contributed by atoms with Crippen molar-refractivity contribution in [2.24, 2.45) is 0 Å². The average Bonchev–Trinajstić information content (AvgIpc) is 2.68. The minimum atomic E-state index is -0.345. The van der Waals surface area contributed by atoms with Gasteiger partial charge in [-0.15, -0.1) is 6.58 Å². The van der Waals surface area contributed by atoms with Gasteiger partial charge in [-0.25, -0.2) is 0 Å². The summed E-state index contributed by atoms with van der Waals surface area (Å²) in [5, 5.41) is 0. The first-order valence-electron chi connectivity index (χ1n) is 8.38. The highest BCUT2D eigenvalue weighted by Gasteiger charge is 2.27. The molecule has 3 aromatic carbocycles. The molecule has 0 fully saturated rings. The zero-order valence-corrected chi connectivity index (χ0v) is 14.1. The predicted molar refractivity (Wildman–Crippen MR) is 104 cm³/mol. The average molecular weight is 327 g/mol. The van der Waals surface area contributed by atoms with Gasteiger partial charge in [-0.3, -0.25) is 4.79 Å². The third-order valence-corrected chi connectivity index (χ3v) is 4.16. The summed E-state index contributed by atoms with van der Waals surface area (Å²) >= 11 is 0. The molecule has 0 aromatic heterocycles. The molecule has 0 aliphatic rings. The summed E-state index contributed by atoms with van der Waals surface area (Å²) in [6, 6.07) is 29.6. The number of rotatable bonds is 6. The van der Waals surface area contributed by atoms with Gasteiger partial charge in [0.25, 0.3) is 0 Å². The lowest BCUT2D eigenvalue weighted by molar-refractivity contribution is -0.119. The van der Waals surface area contributed by atoms with E-state index in [2.05, 4.69) is 6.58 Å².